The number of anilines is 1. The Labute approximate surface area is 96.3 Å². The first-order valence-corrected chi connectivity index (χ1v) is 5.70. The molecule has 2 rings (SSSR count). The van der Waals surface area contributed by atoms with Crippen molar-refractivity contribution in [2.45, 2.75) is 39.5 Å². The summed E-state index contributed by atoms with van der Waals surface area (Å²) in [6.07, 6.45) is 3.31. The van der Waals surface area contributed by atoms with Gasteiger partial charge in [0.1, 0.15) is 5.82 Å². The molecule has 2 heterocycles. The molecule has 0 saturated carbocycles. The van der Waals surface area contributed by atoms with Crippen LogP contribution in [0.2, 0.25) is 0 Å². The van der Waals surface area contributed by atoms with E-state index in [9.17, 15) is 4.79 Å². The van der Waals surface area contributed by atoms with Crippen molar-refractivity contribution >= 4 is 11.7 Å². The number of fused-ring (bicyclic) bond motifs is 1. The van der Waals surface area contributed by atoms with E-state index in [2.05, 4.69) is 37.1 Å². The standard InChI is InChI=1S/C13H18N2O/c1-13(2,3)8-9-7-11(16)15-12-10(9)5-4-6-14-12/h4-6,9H,7-8H2,1-3H3,(H,14,15,16). The summed E-state index contributed by atoms with van der Waals surface area (Å²) in [5, 5.41) is 2.83. The van der Waals surface area contributed by atoms with E-state index in [4.69, 9.17) is 0 Å². The Morgan fingerprint density at radius 1 is 1.50 bits per heavy atom. The molecule has 0 fully saturated rings. The van der Waals surface area contributed by atoms with Gasteiger partial charge in [0.2, 0.25) is 5.91 Å². The van der Waals surface area contributed by atoms with Crippen LogP contribution in [-0.4, -0.2) is 10.9 Å². The van der Waals surface area contributed by atoms with Gasteiger partial charge in [-0.3, -0.25) is 4.79 Å². The van der Waals surface area contributed by atoms with Crippen LogP contribution < -0.4 is 5.32 Å². The molecule has 1 aliphatic heterocycles. The average molecular weight is 218 g/mol. The molecule has 0 saturated heterocycles. The number of nitrogens with one attached hydrogen (secondary N) is 1. The molecule has 1 N–H and O–H groups in total. The summed E-state index contributed by atoms with van der Waals surface area (Å²) in [7, 11) is 0. The summed E-state index contributed by atoms with van der Waals surface area (Å²) in [5.74, 6) is 1.13. The maximum Gasteiger partial charge on any atom is 0.226 e. The van der Waals surface area contributed by atoms with Crippen molar-refractivity contribution in [1.82, 2.24) is 4.98 Å². The van der Waals surface area contributed by atoms with Crippen LogP contribution in [0.1, 0.15) is 45.1 Å². The fourth-order valence-corrected chi connectivity index (χ4v) is 2.29. The summed E-state index contributed by atoms with van der Waals surface area (Å²) in [5.41, 5.74) is 1.41. The van der Waals surface area contributed by atoms with Crippen molar-refractivity contribution in [2.24, 2.45) is 5.41 Å². The molecule has 0 aliphatic carbocycles. The van der Waals surface area contributed by atoms with E-state index in [0.29, 0.717) is 12.3 Å². The van der Waals surface area contributed by atoms with Crippen molar-refractivity contribution < 1.29 is 4.79 Å². The van der Waals surface area contributed by atoms with Crippen LogP contribution in [0.15, 0.2) is 18.3 Å². The second kappa shape index (κ2) is 3.89. The molecular formula is C13H18N2O. The third kappa shape index (κ3) is 2.40. The third-order valence-corrected chi connectivity index (χ3v) is 2.83. The zero-order chi connectivity index (χ0) is 11.8. The zero-order valence-electron chi connectivity index (χ0n) is 10.1. The number of hydrogen-bond acceptors (Lipinski definition) is 2. The Kier molecular flexibility index (Phi) is 2.70. The Balaban J connectivity index is 2.30. The van der Waals surface area contributed by atoms with Crippen molar-refractivity contribution in [2.75, 3.05) is 5.32 Å². The van der Waals surface area contributed by atoms with Crippen molar-refractivity contribution in [3.05, 3.63) is 23.9 Å². The van der Waals surface area contributed by atoms with E-state index in [1.165, 1.54) is 5.56 Å². The molecule has 1 atom stereocenters. The van der Waals surface area contributed by atoms with E-state index in [0.717, 1.165) is 12.2 Å². The average Bonchev–Trinajstić information content (AvgIpc) is 2.14. The lowest BCUT2D eigenvalue weighted by molar-refractivity contribution is -0.117. The molecule has 0 spiro atoms. The fourth-order valence-electron chi connectivity index (χ4n) is 2.29. The number of pyridine rings is 1. The fraction of sp³-hybridized carbons (Fsp3) is 0.538. The van der Waals surface area contributed by atoms with Crippen molar-refractivity contribution in [3.63, 3.8) is 0 Å². The number of nitrogens with zero attached hydrogens (tertiary/aromatic N) is 1. The summed E-state index contributed by atoms with van der Waals surface area (Å²) >= 11 is 0. The summed E-state index contributed by atoms with van der Waals surface area (Å²) in [6.45, 7) is 6.61. The highest BCUT2D eigenvalue weighted by atomic mass is 16.1. The molecule has 3 heteroatoms. The number of hydrogen-bond donors (Lipinski definition) is 1. The van der Waals surface area contributed by atoms with Crippen LogP contribution in [0.3, 0.4) is 0 Å². The highest BCUT2D eigenvalue weighted by Gasteiger charge is 2.29. The molecule has 1 aromatic rings. The first kappa shape index (κ1) is 11.1. The highest BCUT2D eigenvalue weighted by molar-refractivity contribution is 5.93. The number of rotatable bonds is 1. The van der Waals surface area contributed by atoms with Crippen LogP contribution in [-0.2, 0) is 4.79 Å². The second-order valence-corrected chi connectivity index (χ2v) is 5.66. The first-order chi connectivity index (χ1) is 7.46. The minimum absolute atomic E-state index is 0.0838. The Bertz CT molecular complexity index is 407. The Morgan fingerprint density at radius 3 is 2.94 bits per heavy atom. The van der Waals surface area contributed by atoms with Gasteiger partial charge in [-0.15, -0.1) is 0 Å². The van der Waals surface area contributed by atoms with E-state index >= 15 is 0 Å². The minimum atomic E-state index is 0.0838. The van der Waals surface area contributed by atoms with E-state index in [1.807, 2.05) is 6.07 Å². The van der Waals surface area contributed by atoms with Crippen LogP contribution in [0.25, 0.3) is 0 Å². The van der Waals surface area contributed by atoms with E-state index in [1.54, 1.807) is 6.20 Å². The van der Waals surface area contributed by atoms with Gasteiger partial charge in [-0.05, 0) is 29.4 Å². The number of amides is 1. The molecule has 1 aromatic heterocycles. The maximum absolute atomic E-state index is 11.6. The largest absolute Gasteiger partial charge is 0.310 e. The van der Waals surface area contributed by atoms with Gasteiger partial charge in [0.25, 0.3) is 0 Å². The van der Waals surface area contributed by atoms with Gasteiger partial charge >= 0.3 is 0 Å². The molecule has 1 amide bonds. The van der Waals surface area contributed by atoms with Gasteiger partial charge in [0.15, 0.2) is 0 Å². The molecule has 16 heavy (non-hydrogen) atoms. The van der Waals surface area contributed by atoms with E-state index < -0.39 is 0 Å². The van der Waals surface area contributed by atoms with Crippen LogP contribution in [0, 0.1) is 5.41 Å². The quantitative estimate of drug-likeness (QED) is 0.787. The molecule has 86 valence electrons. The van der Waals surface area contributed by atoms with Gasteiger partial charge in [-0.25, -0.2) is 4.98 Å². The normalized spacial score (nSPS) is 20.2. The Morgan fingerprint density at radius 2 is 2.25 bits per heavy atom. The highest BCUT2D eigenvalue weighted by Crippen LogP contribution is 2.38. The maximum atomic E-state index is 11.6. The second-order valence-electron chi connectivity index (χ2n) is 5.66. The van der Waals surface area contributed by atoms with Crippen LogP contribution in [0.5, 0.6) is 0 Å². The number of carbonyl (C=O) groups is 1. The van der Waals surface area contributed by atoms with Crippen molar-refractivity contribution in [1.29, 1.82) is 0 Å². The van der Waals surface area contributed by atoms with Crippen LogP contribution in [0.4, 0.5) is 5.82 Å². The molecule has 0 bridgehead atoms. The SMILES string of the molecule is CC(C)(C)CC1CC(=O)Nc2ncccc21. The number of aromatic nitrogens is 1. The smallest absolute Gasteiger partial charge is 0.226 e. The molecule has 3 nitrogen and oxygen atoms in total. The third-order valence-electron chi connectivity index (χ3n) is 2.83. The topological polar surface area (TPSA) is 42.0 Å². The van der Waals surface area contributed by atoms with Gasteiger partial charge in [0.05, 0.1) is 0 Å². The lowest BCUT2D eigenvalue weighted by Gasteiger charge is -2.30. The molecule has 1 aliphatic rings. The zero-order valence-corrected chi connectivity index (χ0v) is 10.1. The van der Waals surface area contributed by atoms with Gasteiger partial charge in [-0.1, -0.05) is 26.8 Å². The van der Waals surface area contributed by atoms with E-state index in [-0.39, 0.29) is 11.3 Å². The molecular weight excluding hydrogens is 200 g/mol. The first-order valence-electron chi connectivity index (χ1n) is 5.70. The molecule has 0 aromatic carbocycles. The van der Waals surface area contributed by atoms with Crippen LogP contribution >= 0.6 is 0 Å². The summed E-state index contributed by atoms with van der Waals surface area (Å²) in [4.78, 5) is 15.8. The minimum Gasteiger partial charge on any atom is -0.310 e. The predicted octanol–water partition coefficient (Wildman–Crippen LogP) is 2.94. The molecule has 1 unspecified atom stereocenters. The lowest BCUT2D eigenvalue weighted by Crippen LogP contribution is -2.26. The number of carbonyl (C=O) groups excluding carboxylic acids is 1. The van der Waals surface area contributed by atoms with Crippen molar-refractivity contribution in [3.8, 4) is 0 Å². The summed E-state index contributed by atoms with van der Waals surface area (Å²) in [6, 6.07) is 4.00. The molecule has 0 radical (unpaired) electrons. The van der Waals surface area contributed by atoms with Gasteiger partial charge < -0.3 is 5.32 Å². The summed E-state index contributed by atoms with van der Waals surface area (Å²) < 4.78 is 0. The lowest BCUT2D eigenvalue weighted by atomic mass is 9.79. The predicted molar refractivity (Wildman–Crippen MR) is 64.3 cm³/mol. The van der Waals surface area contributed by atoms with Gasteiger partial charge in [0, 0.05) is 12.6 Å². The Hall–Kier alpha value is -1.38. The monoisotopic (exact) mass is 218 g/mol. The van der Waals surface area contributed by atoms with Gasteiger partial charge in [-0.2, -0.15) is 0 Å².